The molecule has 1 atom stereocenters. The SMILES string of the molecule is CCCC(C(=O)O)N1CCCC1(C)C. The van der Waals surface area contributed by atoms with E-state index >= 15 is 0 Å². The molecule has 1 saturated heterocycles. The van der Waals surface area contributed by atoms with Crippen LogP contribution in [-0.2, 0) is 4.79 Å². The highest BCUT2D eigenvalue weighted by Crippen LogP contribution is 2.31. The molecule has 1 aliphatic heterocycles. The maximum atomic E-state index is 11.1. The topological polar surface area (TPSA) is 40.5 Å². The second kappa shape index (κ2) is 4.30. The summed E-state index contributed by atoms with van der Waals surface area (Å²) in [5.74, 6) is -0.665. The Kier molecular flexibility index (Phi) is 3.53. The highest BCUT2D eigenvalue weighted by molar-refractivity contribution is 5.73. The number of nitrogens with zero attached hydrogens (tertiary/aromatic N) is 1. The van der Waals surface area contributed by atoms with Crippen LogP contribution in [0.4, 0.5) is 0 Å². The zero-order chi connectivity index (χ0) is 10.8. The van der Waals surface area contributed by atoms with E-state index < -0.39 is 5.97 Å². The molecule has 0 saturated carbocycles. The van der Waals surface area contributed by atoms with Crippen molar-refractivity contribution in [2.24, 2.45) is 0 Å². The number of aliphatic carboxylic acids is 1. The van der Waals surface area contributed by atoms with E-state index in [1.165, 1.54) is 0 Å². The minimum Gasteiger partial charge on any atom is -0.480 e. The first-order valence-electron chi connectivity index (χ1n) is 5.48. The molecule has 1 rings (SSSR count). The summed E-state index contributed by atoms with van der Waals surface area (Å²) in [5, 5.41) is 9.16. The summed E-state index contributed by atoms with van der Waals surface area (Å²) in [7, 11) is 0. The molecular weight excluding hydrogens is 178 g/mol. The summed E-state index contributed by atoms with van der Waals surface area (Å²) in [6.07, 6.45) is 3.93. The molecule has 0 amide bonds. The Morgan fingerprint density at radius 3 is 2.57 bits per heavy atom. The van der Waals surface area contributed by atoms with Gasteiger partial charge in [0.25, 0.3) is 0 Å². The summed E-state index contributed by atoms with van der Waals surface area (Å²) >= 11 is 0. The van der Waals surface area contributed by atoms with Crippen molar-refractivity contribution in [1.82, 2.24) is 4.90 Å². The Morgan fingerprint density at radius 2 is 2.21 bits per heavy atom. The molecule has 0 aromatic carbocycles. The molecule has 82 valence electrons. The van der Waals surface area contributed by atoms with Gasteiger partial charge in [0.15, 0.2) is 0 Å². The monoisotopic (exact) mass is 199 g/mol. The Labute approximate surface area is 86.1 Å². The van der Waals surface area contributed by atoms with Crippen molar-refractivity contribution in [2.75, 3.05) is 6.54 Å². The van der Waals surface area contributed by atoms with E-state index in [0.29, 0.717) is 0 Å². The standard InChI is InChI=1S/C11H21NO2/c1-4-6-9(10(13)14)12-8-5-7-11(12,2)3/h9H,4-8H2,1-3H3,(H,13,14). The van der Waals surface area contributed by atoms with Crippen molar-refractivity contribution in [2.45, 2.75) is 58.0 Å². The van der Waals surface area contributed by atoms with Gasteiger partial charge in [0, 0.05) is 5.54 Å². The van der Waals surface area contributed by atoms with Crippen LogP contribution in [0.15, 0.2) is 0 Å². The maximum absolute atomic E-state index is 11.1. The van der Waals surface area contributed by atoms with Gasteiger partial charge in [-0.3, -0.25) is 9.69 Å². The molecule has 3 nitrogen and oxygen atoms in total. The number of carboxylic acid groups (broad SMARTS) is 1. The average Bonchev–Trinajstić information content (AvgIpc) is 2.40. The van der Waals surface area contributed by atoms with Crippen LogP contribution in [0.1, 0.15) is 46.5 Å². The quantitative estimate of drug-likeness (QED) is 0.754. The minimum atomic E-state index is -0.665. The van der Waals surface area contributed by atoms with Crippen molar-refractivity contribution < 1.29 is 9.90 Å². The van der Waals surface area contributed by atoms with Gasteiger partial charge in [-0.25, -0.2) is 0 Å². The lowest BCUT2D eigenvalue weighted by Gasteiger charge is -2.36. The third-order valence-electron chi connectivity index (χ3n) is 3.19. The normalized spacial score (nSPS) is 23.6. The lowest BCUT2D eigenvalue weighted by atomic mass is 9.99. The average molecular weight is 199 g/mol. The molecule has 0 aromatic rings. The fraction of sp³-hybridized carbons (Fsp3) is 0.909. The van der Waals surface area contributed by atoms with Crippen LogP contribution in [0.2, 0.25) is 0 Å². The zero-order valence-electron chi connectivity index (χ0n) is 9.42. The van der Waals surface area contributed by atoms with Gasteiger partial charge in [0.05, 0.1) is 0 Å². The predicted molar refractivity (Wildman–Crippen MR) is 56.4 cm³/mol. The summed E-state index contributed by atoms with van der Waals surface area (Å²) in [5.41, 5.74) is 0.0677. The second-order valence-corrected chi connectivity index (χ2v) is 4.75. The van der Waals surface area contributed by atoms with Crippen LogP contribution in [0, 0.1) is 0 Å². The van der Waals surface area contributed by atoms with Gasteiger partial charge in [0.1, 0.15) is 6.04 Å². The Balaban J connectivity index is 2.72. The summed E-state index contributed by atoms with van der Waals surface area (Å²) in [4.78, 5) is 13.3. The van der Waals surface area contributed by atoms with Crippen LogP contribution in [-0.4, -0.2) is 34.1 Å². The number of likely N-dealkylation sites (tertiary alicyclic amines) is 1. The van der Waals surface area contributed by atoms with Crippen molar-refractivity contribution in [3.8, 4) is 0 Å². The van der Waals surface area contributed by atoms with Crippen LogP contribution in [0.25, 0.3) is 0 Å². The molecule has 1 fully saturated rings. The van der Waals surface area contributed by atoms with E-state index in [1.54, 1.807) is 0 Å². The molecule has 1 unspecified atom stereocenters. The molecule has 1 N–H and O–H groups in total. The fourth-order valence-corrected chi connectivity index (χ4v) is 2.39. The molecule has 0 aliphatic carbocycles. The first kappa shape index (κ1) is 11.5. The number of hydrogen-bond donors (Lipinski definition) is 1. The highest BCUT2D eigenvalue weighted by Gasteiger charge is 2.39. The van der Waals surface area contributed by atoms with Gasteiger partial charge in [-0.15, -0.1) is 0 Å². The van der Waals surface area contributed by atoms with Crippen LogP contribution < -0.4 is 0 Å². The van der Waals surface area contributed by atoms with E-state index in [0.717, 1.165) is 32.2 Å². The number of carbonyl (C=O) groups is 1. The second-order valence-electron chi connectivity index (χ2n) is 4.75. The molecule has 0 spiro atoms. The van der Waals surface area contributed by atoms with Crippen molar-refractivity contribution >= 4 is 5.97 Å². The van der Waals surface area contributed by atoms with Gasteiger partial charge in [-0.1, -0.05) is 13.3 Å². The van der Waals surface area contributed by atoms with E-state index in [-0.39, 0.29) is 11.6 Å². The number of rotatable bonds is 4. The minimum absolute atomic E-state index is 0.0677. The number of hydrogen-bond acceptors (Lipinski definition) is 2. The van der Waals surface area contributed by atoms with E-state index in [1.807, 2.05) is 6.92 Å². The number of carboxylic acids is 1. The van der Waals surface area contributed by atoms with E-state index in [2.05, 4.69) is 18.7 Å². The van der Waals surface area contributed by atoms with E-state index in [4.69, 9.17) is 5.11 Å². The molecule has 0 aromatic heterocycles. The third-order valence-corrected chi connectivity index (χ3v) is 3.19. The Hall–Kier alpha value is -0.570. The van der Waals surface area contributed by atoms with Gasteiger partial charge >= 0.3 is 5.97 Å². The van der Waals surface area contributed by atoms with Gasteiger partial charge < -0.3 is 5.11 Å². The van der Waals surface area contributed by atoms with Gasteiger partial charge in [-0.05, 0) is 39.7 Å². The highest BCUT2D eigenvalue weighted by atomic mass is 16.4. The Morgan fingerprint density at radius 1 is 1.57 bits per heavy atom. The van der Waals surface area contributed by atoms with Gasteiger partial charge in [-0.2, -0.15) is 0 Å². The maximum Gasteiger partial charge on any atom is 0.320 e. The lowest BCUT2D eigenvalue weighted by Crippen LogP contribution is -2.49. The molecule has 1 aliphatic rings. The van der Waals surface area contributed by atoms with Crippen LogP contribution in [0.5, 0.6) is 0 Å². The molecule has 14 heavy (non-hydrogen) atoms. The largest absolute Gasteiger partial charge is 0.480 e. The van der Waals surface area contributed by atoms with Crippen molar-refractivity contribution in [1.29, 1.82) is 0 Å². The summed E-state index contributed by atoms with van der Waals surface area (Å²) < 4.78 is 0. The fourth-order valence-electron chi connectivity index (χ4n) is 2.39. The van der Waals surface area contributed by atoms with Crippen LogP contribution in [0.3, 0.4) is 0 Å². The van der Waals surface area contributed by atoms with Crippen molar-refractivity contribution in [3.63, 3.8) is 0 Å². The molecule has 0 bridgehead atoms. The molecule has 1 heterocycles. The van der Waals surface area contributed by atoms with Crippen molar-refractivity contribution in [3.05, 3.63) is 0 Å². The van der Waals surface area contributed by atoms with Crippen LogP contribution >= 0.6 is 0 Å². The lowest BCUT2D eigenvalue weighted by molar-refractivity contribution is -0.145. The first-order valence-corrected chi connectivity index (χ1v) is 5.48. The summed E-state index contributed by atoms with van der Waals surface area (Å²) in [6, 6.07) is -0.280. The molecule has 0 radical (unpaired) electrons. The van der Waals surface area contributed by atoms with Gasteiger partial charge in [0.2, 0.25) is 0 Å². The molecular formula is C11H21NO2. The summed E-state index contributed by atoms with van der Waals surface area (Å²) in [6.45, 7) is 7.26. The first-order chi connectivity index (χ1) is 6.49. The Bertz CT molecular complexity index is 213. The van der Waals surface area contributed by atoms with E-state index in [9.17, 15) is 4.79 Å². The third kappa shape index (κ3) is 2.27. The zero-order valence-corrected chi connectivity index (χ0v) is 9.42. The predicted octanol–water partition coefficient (Wildman–Crippen LogP) is 2.11. The molecule has 3 heteroatoms. The smallest absolute Gasteiger partial charge is 0.320 e.